The largest absolute Gasteiger partial charge is 0.484 e. The molecule has 0 unspecified atom stereocenters. The second-order valence-corrected chi connectivity index (χ2v) is 8.84. The van der Waals surface area contributed by atoms with E-state index < -0.39 is 0 Å². The molecule has 1 N–H and O–H groups in total. The third-order valence-corrected chi connectivity index (χ3v) is 5.94. The van der Waals surface area contributed by atoms with Crippen LogP contribution in [0.3, 0.4) is 0 Å². The van der Waals surface area contributed by atoms with Gasteiger partial charge in [0, 0.05) is 11.3 Å². The molecule has 1 amide bonds. The third-order valence-electron chi connectivity index (χ3n) is 5.94. The molecule has 3 aromatic carbocycles. The van der Waals surface area contributed by atoms with E-state index in [0.29, 0.717) is 5.75 Å². The fourth-order valence-corrected chi connectivity index (χ4v) is 3.89. The molecular weight excluding hydrogens is 429 g/mol. The molecule has 0 aliphatic heterocycles. The Hall–Kier alpha value is -3.67. The Morgan fingerprint density at radius 2 is 1.74 bits per heavy atom. The van der Waals surface area contributed by atoms with Gasteiger partial charge >= 0.3 is 0 Å². The van der Waals surface area contributed by atoms with Crippen LogP contribution in [-0.4, -0.2) is 21.7 Å². The SMILES string of the molecule is CCc1ccc([C@@H](Oc2ccc3c(cnn3-c3ccc(F)cc3)c2)[C@H](C)NC(=O)C(C)C)cc1. The Kier molecular flexibility index (Phi) is 6.96. The number of carbonyl (C=O) groups excluding carboxylic acids is 1. The van der Waals surface area contributed by atoms with Crippen molar-refractivity contribution in [2.75, 3.05) is 0 Å². The highest BCUT2D eigenvalue weighted by Crippen LogP contribution is 2.29. The maximum Gasteiger partial charge on any atom is 0.222 e. The highest BCUT2D eigenvalue weighted by atomic mass is 19.1. The van der Waals surface area contributed by atoms with E-state index in [9.17, 15) is 9.18 Å². The molecule has 0 saturated carbocycles. The van der Waals surface area contributed by atoms with Crippen molar-refractivity contribution in [3.8, 4) is 11.4 Å². The van der Waals surface area contributed by atoms with Gasteiger partial charge in [0.15, 0.2) is 0 Å². The molecule has 0 fully saturated rings. The van der Waals surface area contributed by atoms with Crippen molar-refractivity contribution in [2.45, 2.75) is 46.3 Å². The second-order valence-electron chi connectivity index (χ2n) is 8.84. The van der Waals surface area contributed by atoms with Crippen molar-refractivity contribution in [3.05, 3.63) is 89.9 Å². The van der Waals surface area contributed by atoms with Gasteiger partial charge in [-0.1, -0.05) is 45.0 Å². The number of carbonyl (C=O) groups is 1. The summed E-state index contributed by atoms with van der Waals surface area (Å²) in [6.07, 6.45) is 2.36. The fraction of sp³-hybridized carbons (Fsp3) is 0.286. The Balaban J connectivity index is 1.63. The van der Waals surface area contributed by atoms with Gasteiger partial charge in [0.05, 0.1) is 23.4 Å². The maximum absolute atomic E-state index is 13.3. The van der Waals surface area contributed by atoms with E-state index in [1.807, 2.05) is 39.0 Å². The normalized spacial score (nSPS) is 13.1. The van der Waals surface area contributed by atoms with Crippen molar-refractivity contribution in [2.24, 2.45) is 5.92 Å². The van der Waals surface area contributed by atoms with Crippen LogP contribution in [0.2, 0.25) is 0 Å². The average molecular weight is 460 g/mol. The van der Waals surface area contributed by atoms with Gasteiger partial charge in [0.2, 0.25) is 5.91 Å². The van der Waals surface area contributed by atoms with Gasteiger partial charge in [-0.2, -0.15) is 5.10 Å². The van der Waals surface area contributed by atoms with E-state index >= 15 is 0 Å². The molecule has 2 atom stereocenters. The Labute approximate surface area is 199 Å². The van der Waals surface area contributed by atoms with Gasteiger partial charge in [-0.15, -0.1) is 0 Å². The van der Waals surface area contributed by atoms with Crippen LogP contribution >= 0.6 is 0 Å². The molecular formula is C28H30FN3O2. The summed E-state index contributed by atoms with van der Waals surface area (Å²) in [5.41, 5.74) is 3.92. The minimum Gasteiger partial charge on any atom is -0.484 e. The Morgan fingerprint density at radius 3 is 2.38 bits per heavy atom. The number of hydrogen-bond donors (Lipinski definition) is 1. The Bertz CT molecular complexity index is 1260. The first-order chi connectivity index (χ1) is 16.4. The molecule has 6 heteroatoms. The lowest BCUT2D eigenvalue weighted by atomic mass is 10.00. The molecule has 0 bridgehead atoms. The van der Waals surface area contributed by atoms with E-state index in [1.54, 1.807) is 23.0 Å². The molecule has 0 aliphatic carbocycles. The fourth-order valence-electron chi connectivity index (χ4n) is 3.89. The zero-order valence-corrected chi connectivity index (χ0v) is 20.0. The van der Waals surface area contributed by atoms with Crippen LogP contribution in [0.1, 0.15) is 44.9 Å². The summed E-state index contributed by atoms with van der Waals surface area (Å²) in [5, 5.41) is 8.45. The molecule has 0 radical (unpaired) electrons. The molecule has 34 heavy (non-hydrogen) atoms. The minimum absolute atomic E-state index is 0.0118. The molecule has 0 saturated heterocycles. The van der Waals surface area contributed by atoms with Crippen molar-refractivity contribution in [1.29, 1.82) is 0 Å². The van der Waals surface area contributed by atoms with Gasteiger partial charge in [-0.05, 0) is 66.9 Å². The van der Waals surface area contributed by atoms with E-state index in [-0.39, 0.29) is 29.8 Å². The number of halogens is 1. The summed E-state index contributed by atoms with van der Waals surface area (Å²) in [6, 6.07) is 20.1. The number of ether oxygens (including phenoxy) is 1. The van der Waals surface area contributed by atoms with Gasteiger partial charge in [0.1, 0.15) is 17.7 Å². The highest BCUT2D eigenvalue weighted by molar-refractivity contribution is 5.82. The summed E-state index contributed by atoms with van der Waals surface area (Å²) < 4.78 is 21.5. The van der Waals surface area contributed by atoms with Crippen LogP contribution in [-0.2, 0) is 11.2 Å². The summed E-state index contributed by atoms with van der Waals surface area (Å²) in [4.78, 5) is 12.4. The number of aryl methyl sites for hydroxylation is 1. The summed E-state index contributed by atoms with van der Waals surface area (Å²) in [6.45, 7) is 7.83. The van der Waals surface area contributed by atoms with Gasteiger partial charge in [-0.25, -0.2) is 9.07 Å². The highest BCUT2D eigenvalue weighted by Gasteiger charge is 2.24. The maximum atomic E-state index is 13.3. The zero-order chi connectivity index (χ0) is 24.2. The first kappa shape index (κ1) is 23.5. The number of nitrogens with one attached hydrogen (secondary N) is 1. The smallest absolute Gasteiger partial charge is 0.222 e. The van der Waals surface area contributed by atoms with Crippen molar-refractivity contribution < 1.29 is 13.9 Å². The van der Waals surface area contributed by atoms with Crippen LogP contribution in [0.4, 0.5) is 4.39 Å². The van der Waals surface area contributed by atoms with Crippen LogP contribution in [0, 0.1) is 11.7 Å². The third kappa shape index (κ3) is 5.11. The minimum atomic E-state index is -0.363. The summed E-state index contributed by atoms with van der Waals surface area (Å²) in [5.74, 6) is 0.274. The monoisotopic (exact) mass is 459 g/mol. The number of benzene rings is 3. The van der Waals surface area contributed by atoms with E-state index in [4.69, 9.17) is 4.74 Å². The van der Waals surface area contributed by atoms with Crippen LogP contribution < -0.4 is 10.1 Å². The average Bonchev–Trinajstić information content (AvgIpc) is 3.26. The predicted octanol–water partition coefficient (Wildman–Crippen LogP) is 6.01. The molecule has 176 valence electrons. The molecule has 5 nitrogen and oxygen atoms in total. The first-order valence-corrected chi connectivity index (χ1v) is 11.6. The van der Waals surface area contributed by atoms with Crippen molar-refractivity contribution in [1.82, 2.24) is 15.1 Å². The van der Waals surface area contributed by atoms with Gasteiger partial charge < -0.3 is 10.1 Å². The Morgan fingerprint density at radius 1 is 1.03 bits per heavy atom. The van der Waals surface area contributed by atoms with E-state index in [2.05, 4.69) is 41.6 Å². The molecule has 0 spiro atoms. The zero-order valence-electron chi connectivity index (χ0n) is 20.0. The lowest BCUT2D eigenvalue weighted by molar-refractivity contribution is -0.125. The molecule has 4 aromatic rings. The summed E-state index contributed by atoms with van der Waals surface area (Å²) >= 11 is 0. The van der Waals surface area contributed by atoms with Crippen LogP contribution in [0.15, 0.2) is 72.9 Å². The molecule has 0 aliphatic rings. The van der Waals surface area contributed by atoms with Crippen LogP contribution in [0.5, 0.6) is 5.75 Å². The number of aromatic nitrogens is 2. The molecule has 1 aromatic heterocycles. The summed E-state index contributed by atoms with van der Waals surface area (Å²) in [7, 11) is 0. The molecule has 1 heterocycles. The number of amides is 1. The van der Waals surface area contributed by atoms with E-state index in [1.165, 1.54) is 17.7 Å². The number of rotatable bonds is 8. The number of fused-ring (bicyclic) bond motifs is 1. The lowest BCUT2D eigenvalue weighted by Gasteiger charge is -2.27. The van der Waals surface area contributed by atoms with Crippen LogP contribution in [0.25, 0.3) is 16.6 Å². The number of hydrogen-bond acceptors (Lipinski definition) is 3. The first-order valence-electron chi connectivity index (χ1n) is 11.6. The van der Waals surface area contributed by atoms with Gasteiger partial charge in [0.25, 0.3) is 0 Å². The quantitative estimate of drug-likeness (QED) is 0.351. The topological polar surface area (TPSA) is 56.1 Å². The number of nitrogens with zero attached hydrogens (tertiary/aromatic N) is 2. The van der Waals surface area contributed by atoms with Crippen molar-refractivity contribution >= 4 is 16.8 Å². The lowest BCUT2D eigenvalue weighted by Crippen LogP contribution is -2.41. The standard InChI is InChI=1S/C28H30FN3O2/c1-5-20-6-8-21(9-7-20)27(19(4)31-28(33)18(2)3)34-25-14-15-26-22(16-25)17-30-32(26)24-12-10-23(29)11-13-24/h6-19,27H,5H2,1-4H3,(H,31,33)/t19-,27-/m0/s1. The van der Waals surface area contributed by atoms with Gasteiger partial charge in [-0.3, -0.25) is 4.79 Å². The molecule has 4 rings (SSSR count). The van der Waals surface area contributed by atoms with Crippen molar-refractivity contribution in [3.63, 3.8) is 0 Å². The predicted molar refractivity (Wildman–Crippen MR) is 133 cm³/mol. The second kappa shape index (κ2) is 10.1. The van der Waals surface area contributed by atoms with E-state index in [0.717, 1.165) is 28.6 Å².